The minimum Gasteiger partial charge on any atom is -0.443 e. The van der Waals surface area contributed by atoms with Crippen LogP contribution in [0.5, 0.6) is 0 Å². The Kier molecular flexibility index (Phi) is 7.09. The summed E-state index contributed by atoms with van der Waals surface area (Å²) < 4.78 is 5.68. The molecule has 3 aromatic rings. The molecule has 1 saturated heterocycles. The van der Waals surface area contributed by atoms with Gasteiger partial charge in [-0.05, 0) is 69.5 Å². The van der Waals surface area contributed by atoms with Crippen molar-refractivity contribution >= 4 is 17.6 Å². The molecule has 0 spiro atoms. The molecule has 2 heterocycles. The van der Waals surface area contributed by atoms with Crippen molar-refractivity contribution in [2.75, 3.05) is 11.4 Å². The number of ether oxygens (including phenoxy) is 1. The van der Waals surface area contributed by atoms with Gasteiger partial charge in [0.05, 0.1) is 5.69 Å². The van der Waals surface area contributed by atoms with Crippen LogP contribution >= 0.6 is 0 Å². The number of nitrogens with zero attached hydrogens (tertiary/aromatic N) is 3. The third-order valence-corrected chi connectivity index (χ3v) is 5.82. The molecular formula is C28H33N3O2. The van der Waals surface area contributed by atoms with Crippen molar-refractivity contribution in [1.29, 1.82) is 0 Å². The average Bonchev–Trinajstić information content (AvgIpc) is 2.80. The molecule has 0 aliphatic carbocycles. The second kappa shape index (κ2) is 10.2. The van der Waals surface area contributed by atoms with Crippen molar-refractivity contribution in [3.8, 4) is 0 Å². The zero-order chi connectivity index (χ0) is 23.3. The highest BCUT2D eigenvalue weighted by atomic mass is 16.6. The van der Waals surface area contributed by atoms with Crippen molar-refractivity contribution in [1.82, 2.24) is 9.88 Å². The highest BCUT2D eigenvalue weighted by Gasteiger charge is 2.27. The second-order valence-electron chi connectivity index (χ2n) is 9.57. The van der Waals surface area contributed by atoms with E-state index in [0.29, 0.717) is 11.9 Å². The van der Waals surface area contributed by atoms with Gasteiger partial charge in [-0.3, -0.25) is 4.90 Å². The summed E-state index contributed by atoms with van der Waals surface area (Å²) in [7, 11) is 0. The zero-order valence-corrected chi connectivity index (χ0v) is 19.8. The first kappa shape index (κ1) is 23.0. The first-order chi connectivity index (χ1) is 15.9. The van der Waals surface area contributed by atoms with Crippen LogP contribution in [0.15, 0.2) is 79.0 Å². The summed E-state index contributed by atoms with van der Waals surface area (Å²) in [6.45, 7) is 7.62. The highest BCUT2D eigenvalue weighted by molar-refractivity contribution is 5.95. The number of benzene rings is 2. The van der Waals surface area contributed by atoms with Gasteiger partial charge in [-0.25, -0.2) is 14.7 Å². The Morgan fingerprint density at radius 1 is 1.00 bits per heavy atom. The summed E-state index contributed by atoms with van der Waals surface area (Å²) in [5.41, 5.74) is 2.65. The normalized spacial score (nSPS) is 16.9. The minimum absolute atomic E-state index is 0.326. The number of carbonyl (C=O) groups excluding carboxylic acids is 1. The molecule has 1 aliphatic rings. The third-order valence-electron chi connectivity index (χ3n) is 5.82. The van der Waals surface area contributed by atoms with Gasteiger partial charge in [0.2, 0.25) is 0 Å². The zero-order valence-electron chi connectivity index (χ0n) is 19.8. The molecule has 0 unspecified atom stereocenters. The molecule has 5 nitrogen and oxygen atoms in total. The van der Waals surface area contributed by atoms with E-state index in [0.717, 1.165) is 25.2 Å². The van der Waals surface area contributed by atoms with E-state index < -0.39 is 11.7 Å². The molecule has 1 aromatic heterocycles. The molecule has 5 heteroatoms. The molecule has 33 heavy (non-hydrogen) atoms. The van der Waals surface area contributed by atoms with Crippen LogP contribution in [0.2, 0.25) is 0 Å². The van der Waals surface area contributed by atoms with E-state index in [1.807, 2.05) is 63.4 Å². The van der Waals surface area contributed by atoms with Crippen LogP contribution in [0, 0.1) is 0 Å². The molecule has 1 fully saturated rings. The Labute approximate surface area is 197 Å². The number of carbonyl (C=O) groups is 1. The molecule has 0 saturated carbocycles. The summed E-state index contributed by atoms with van der Waals surface area (Å²) in [5, 5.41) is 0. The van der Waals surface area contributed by atoms with E-state index in [1.165, 1.54) is 28.9 Å². The standard InChI is InChI=1S/C28H33N3O2/c1-28(2,3)33-27(32)31(24-14-8-5-9-15-24)26-18-17-23(20-29-26)25-16-10-11-19-30(25)21-22-12-6-4-7-13-22/h4-9,12-15,17-18,20,25H,10-11,16,19,21H2,1-3H3/t25-/m1/s1. The maximum absolute atomic E-state index is 13.1. The quantitative estimate of drug-likeness (QED) is 0.431. The molecule has 4 rings (SSSR count). The van der Waals surface area contributed by atoms with Gasteiger partial charge >= 0.3 is 6.09 Å². The van der Waals surface area contributed by atoms with E-state index in [4.69, 9.17) is 9.72 Å². The first-order valence-corrected chi connectivity index (χ1v) is 11.7. The van der Waals surface area contributed by atoms with Crippen molar-refractivity contribution in [3.05, 3.63) is 90.1 Å². The number of pyridine rings is 1. The highest BCUT2D eigenvalue weighted by Crippen LogP contribution is 2.33. The summed E-state index contributed by atoms with van der Waals surface area (Å²) in [5.74, 6) is 0.560. The SMILES string of the molecule is CC(C)(C)OC(=O)N(c1ccccc1)c1ccc([C@H]2CCCCN2Cc2ccccc2)cn1. The number of amides is 1. The van der Waals surface area contributed by atoms with E-state index in [9.17, 15) is 4.79 Å². The average molecular weight is 444 g/mol. The molecular weight excluding hydrogens is 410 g/mol. The van der Waals surface area contributed by atoms with E-state index in [-0.39, 0.29) is 0 Å². The fraction of sp³-hybridized carbons (Fsp3) is 0.357. The molecule has 1 amide bonds. The number of hydrogen-bond donors (Lipinski definition) is 0. The van der Waals surface area contributed by atoms with Crippen molar-refractivity contribution in [2.45, 2.75) is 58.2 Å². The number of anilines is 2. The number of likely N-dealkylation sites (tertiary alicyclic amines) is 1. The second-order valence-corrected chi connectivity index (χ2v) is 9.57. The maximum atomic E-state index is 13.1. The maximum Gasteiger partial charge on any atom is 0.420 e. The Hall–Kier alpha value is -3.18. The van der Waals surface area contributed by atoms with Crippen LogP contribution in [0.1, 0.15) is 57.2 Å². The van der Waals surface area contributed by atoms with Gasteiger partial charge in [0.25, 0.3) is 0 Å². The lowest BCUT2D eigenvalue weighted by Crippen LogP contribution is -2.34. The van der Waals surface area contributed by atoms with Gasteiger partial charge in [0, 0.05) is 18.8 Å². The minimum atomic E-state index is -0.593. The molecule has 1 atom stereocenters. The van der Waals surface area contributed by atoms with Crippen LogP contribution in [-0.2, 0) is 11.3 Å². The van der Waals surface area contributed by atoms with E-state index in [2.05, 4.69) is 41.3 Å². The Morgan fingerprint density at radius 2 is 1.70 bits per heavy atom. The lowest BCUT2D eigenvalue weighted by atomic mass is 9.95. The number of para-hydroxylation sites is 1. The van der Waals surface area contributed by atoms with Gasteiger partial charge in [-0.1, -0.05) is 61.0 Å². The fourth-order valence-electron chi connectivity index (χ4n) is 4.32. The summed E-state index contributed by atoms with van der Waals surface area (Å²) >= 11 is 0. The van der Waals surface area contributed by atoms with Crippen LogP contribution in [0.25, 0.3) is 0 Å². The predicted molar refractivity (Wildman–Crippen MR) is 132 cm³/mol. The molecule has 0 bridgehead atoms. The first-order valence-electron chi connectivity index (χ1n) is 11.7. The van der Waals surface area contributed by atoms with Gasteiger partial charge in [-0.2, -0.15) is 0 Å². The third kappa shape index (κ3) is 5.99. The molecule has 172 valence electrons. The van der Waals surface area contributed by atoms with Gasteiger partial charge in [-0.15, -0.1) is 0 Å². The summed E-state index contributed by atoms with van der Waals surface area (Å²) in [6.07, 6.45) is 5.03. The lowest BCUT2D eigenvalue weighted by Gasteiger charge is -2.36. The Balaban J connectivity index is 1.58. The van der Waals surface area contributed by atoms with Crippen LogP contribution in [0.3, 0.4) is 0 Å². The van der Waals surface area contributed by atoms with Crippen molar-refractivity contribution in [2.24, 2.45) is 0 Å². The van der Waals surface area contributed by atoms with Crippen LogP contribution in [0.4, 0.5) is 16.3 Å². The number of piperidine rings is 1. The molecule has 0 N–H and O–H groups in total. The predicted octanol–water partition coefficient (Wildman–Crippen LogP) is 6.88. The molecule has 2 aromatic carbocycles. The topological polar surface area (TPSA) is 45.7 Å². The van der Waals surface area contributed by atoms with Crippen LogP contribution < -0.4 is 4.90 Å². The van der Waals surface area contributed by atoms with Gasteiger partial charge in [0.1, 0.15) is 11.4 Å². The molecule has 0 radical (unpaired) electrons. The lowest BCUT2D eigenvalue weighted by molar-refractivity contribution is 0.0598. The van der Waals surface area contributed by atoms with Crippen molar-refractivity contribution < 1.29 is 9.53 Å². The van der Waals surface area contributed by atoms with E-state index in [1.54, 1.807) is 0 Å². The van der Waals surface area contributed by atoms with Gasteiger partial charge < -0.3 is 4.74 Å². The summed E-state index contributed by atoms with van der Waals surface area (Å²) in [6, 6.07) is 24.5. The number of aromatic nitrogens is 1. The Morgan fingerprint density at radius 3 is 2.33 bits per heavy atom. The number of hydrogen-bond acceptors (Lipinski definition) is 4. The largest absolute Gasteiger partial charge is 0.443 e. The van der Waals surface area contributed by atoms with Crippen LogP contribution in [-0.4, -0.2) is 28.1 Å². The monoisotopic (exact) mass is 443 g/mol. The Bertz CT molecular complexity index is 1030. The summed E-state index contributed by atoms with van der Waals surface area (Å²) in [4.78, 5) is 21.9. The molecule has 1 aliphatic heterocycles. The number of rotatable bonds is 5. The van der Waals surface area contributed by atoms with E-state index >= 15 is 0 Å². The van der Waals surface area contributed by atoms with Gasteiger partial charge in [0.15, 0.2) is 0 Å². The fourth-order valence-corrected chi connectivity index (χ4v) is 4.32. The smallest absolute Gasteiger partial charge is 0.420 e. The van der Waals surface area contributed by atoms with Crippen molar-refractivity contribution in [3.63, 3.8) is 0 Å².